The van der Waals surface area contributed by atoms with E-state index < -0.39 is 0 Å². The van der Waals surface area contributed by atoms with E-state index in [4.69, 9.17) is 23.8 Å². The van der Waals surface area contributed by atoms with Gasteiger partial charge < -0.3 is 20.1 Å². The SMILES string of the molecule is Cc1cc([C@H]2[C@@H](c3ccccn3)NC(=S)N2c2ccc(NC(=O)C(C)C)c(Cl)c2)c(C)n1-c1ccccc1Br. The van der Waals surface area contributed by atoms with Crippen LogP contribution < -0.4 is 15.5 Å². The standard InChI is InChI=1S/C30H29BrClN5OS/c1-17(2)29(38)34-24-13-12-20(16-23(24)32)37-28(27(35-30(37)39)25-10-7-8-14-33-25)21-15-18(3)36(19(21)4)26-11-6-5-9-22(26)31/h5-17,27-28H,1-4H3,(H,34,38)(H,35,39)/t27-,28+/m1/s1. The van der Waals surface area contributed by atoms with Crippen LogP contribution in [0.15, 0.2) is 77.4 Å². The molecule has 1 saturated heterocycles. The number of anilines is 2. The Kier molecular flexibility index (Phi) is 7.80. The fourth-order valence-corrected chi connectivity index (χ4v) is 6.10. The maximum Gasteiger partial charge on any atom is 0.226 e. The molecular weight excluding hydrogens is 594 g/mol. The van der Waals surface area contributed by atoms with Crippen molar-refractivity contribution in [3.8, 4) is 5.69 Å². The zero-order valence-corrected chi connectivity index (χ0v) is 25.2. The molecule has 0 bridgehead atoms. The quantitative estimate of drug-likeness (QED) is 0.216. The highest BCUT2D eigenvalue weighted by Crippen LogP contribution is 2.45. The van der Waals surface area contributed by atoms with Gasteiger partial charge in [0, 0.05) is 33.7 Å². The number of amides is 1. The van der Waals surface area contributed by atoms with Gasteiger partial charge in [0.15, 0.2) is 5.11 Å². The van der Waals surface area contributed by atoms with Crippen molar-refractivity contribution in [1.29, 1.82) is 0 Å². The van der Waals surface area contributed by atoms with Crippen molar-refractivity contribution >= 4 is 62.1 Å². The van der Waals surface area contributed by atoms with Crippen LogP contribution in [0.1, 0.15) is 48.6 Å². The summed E-state index contributed by atoms with van der Waals surface area (Å²) in [5.41, 5.74) is 6.70. The number of nitrogens with zero attached hydrogens (tertiary/aromatic N) is 3. The van der Waals surface area contributed by atoms with Crippen LogP contribution in [0.3, 0.4) is 0 Å². The van der Waals surface area contributed by atoms with Crippen LogP contribution in [0.2, 0.25) is 5.02 Å². The highest BCUT2D eigenvalue weighted by molar-refractivity contribution is 9.10. The summed E-state index contributed by atoms with van der Waals surface area (Å²) < 4.78 is 3.27. The lowest BCUT2D eigenvalue weighted by Gasteiger charge is -2.28. The van der Waals surface area contributed by atoms with E-state index in [0.717, 1.165) is 38.5 Å². The molecule has 0 radical (unpaired) electrons. The number of thiocarbonyl (C=S) groups is 1. The Bertz CT molecular complexity index is 1550. The Morgan fingerprint density at radius 2 is 1.85 bits per heavy atom. The van der Waals surface area contributed by atoms with Crippen molar-refractivity contribution in [1.82, 2.24) is 14.9 Å². The molecule has 5 rings (SSSR count). The number of aromatic nitrogens is 2. The van der Waals surface area contributed by atoms with Gasteiger partial charge in [-0.1, -0.05) is 43.6 Å². The highest BCUT2D eigenvalue weighted by atomic mass is 79.9. The van der Waals surface area contributed by atoms with E-state index in [-0.39, 0.29) is 23.9 Å². The third-order valence-electron chi connectivity index (χ3n) is 6.99. The molecule has 1 amide bonds. The molecule has 200 valence electrons. The maximum absolute atomic E-state index is 12.3. The molecule has 3 heterocycles. The van der Waals surface area contributed by atoms with E-state index in [0.29, 0.717) is 15.8 Å². The summed E-state index contributed by atoms with van der Waals surface area (Å²) >= 11 is 16.3. The van der Waals surface area contributed by atoms with Gasteiger partial charge in [-0.2, -0.15) is 0 Å². The minimum absolute atomic E-state index is 0.0874. The first-order valence-electron chi connectivity index (χ1n) is 12.7. The number of para-hydroxylation sites is 1. The fraction of sp³-hybridized carbons (Fsp3) is 0.233. The van der Waals surface area contributed by atoms with Crippen LogP contribution in [-0.4, -0.2) is 20.6 Å². The van der Waals surface area contributed by atoms with E-state index in [9.17, 15) is 4.79 Å². The number of nitrogens with one attached hydrogen (secondary N) is 2. The topological polar surface area (TPSA) is 62.2 Å². The summed E-state index contributed by atoms with van der Waals surface area (Å²) in [4.78, 5) is 19.1. The van der Waals surface area contributed by atoms with Crippen molar-refractivity contribution < 1.29 is 4.79 Å². The predicted molar refractivity (Wildman–Crippen MR) is 166 cm³/mol. The molecular formula is C30H29BrClN5OS. The van der Waals surface area contributed by atoms with Crippen molar-refractivity contribution in [3.63, 3.8) is 0 Å². The summed E-state index contributed by atoms with van der Waals surface area (Å²) in [6, 6.07) is 21.6. The van der Waals surface area contributed by atoms with E-state index in [2.05, 4.69) is 67.0 Å². The number of pyridine rings is 1. The molecule has 2 aromatic heterocycles. The summed E-state index contributed by atoms with van der Waals surface area (Å²) in [5, 5.41) is 7.45. The molecule has 0 aliphatic carbocycles. The first kappa shape index (κ1) is 27.4. The van der Waals surface area contributed by atoms with E-state index in [1.54, 1.807) is 6.20 Å². The van der Waals surface area contributed by atoms with Gasteiger partial charge in [-0.25, -0.2) is 0 Å². The monoisotopic (exact) mass is 621 g/mol. The first-order valence-corrected chi connectivity index (χ1v) is 14.3. The zero-order chi connectivity index (χ0) is 27.8. The van der Waals surface area contributed by atoms with Crippen molar-refractivity contribution in [3.05, 3.63) is 105 Å². The van der Waals surface area contributed by atoms with Crippen molar-refractivity contribution in [2.24, 2.45) is 5.92 Å². The second-order valence-corrected chi connectivity index (χ2v) is 11.6. The van der Waals surface area contributed by atoms with Crippen LogP contribution in [0.4, 0.5) is 11.4 Å². The van der Waals surface area contributed by atoms with Crippen LogP contribution >= 0.6 is 39.7 Å². The average molecular weight is 623 g/mol. The Morgan fingerprint density at radius 3 is 2.51 bits per heavy atom. The lowest BCUT2D eigenvalue weighted by atomic mass is 9.96. The van der Waals surface area contributed by atoms with Gasteiger partial charge in [0.05, 0.1) is 34.2 Å². The molecule has 2 N–H and O–H groups in total. The van der Waals surface area contributed by atoms with E-state index in [1.807, 2.05) is 68.4 Å². The molecule has 2 atom stereocenters. The molecule has 1 aliphatic rings. The summed E-state index contributed by atoms with van der Waals surface area (Å²) in [6.45, 7) is 7.94. The molecule has 39 heavy (non-hydrogen) atoms. The molecule has 6 nitrogen and oxygen atoms in total. The normalized spacial score (nSPS) is 17.0. The second-order valence-electron chi connectivity index (χ2n) is 9.92. The van der Waals surface area contributed by atoms with Gasteiger partial charge >= 0.3 is 0 Å². The number of carbonyl (C=O) groups excluding carboxylic acids is 1. The van der Waals surface area contributed by atoms with Crippen LogP contribution in [0.5, 0.6) is 0 Å². The minimum Gasteiger partial charge on any atom is -0.351 e. The summed E-state index contributed by atoms with van der Waals surface area (Å²) in [6.07, 6.45) is 1.80. The largest absolute Gasteiger partial charge is 0.351 e. The number of carbonyl (C=O) groups is 1. The summed E-state index contributed by atoms with van der Waals surface area (Å²) in [5.74, 6) is -0.241. The number of hydrogen-bond donors (Lipinski definition) is 2. The van der Waals surface area contributed by atoms with Gasteiger partial charge in [-0.3, -0.25) is 9.78 Å². The Balaban J connectivity index is 1.63. The Labute approximate surface area is 247 Å². The summed E-state index contributed by atoms with van der Waals surface area (Å²) in [7, 11) is 0. The lowest BCUT2D eigenvalue weighted by Crippen LogP contribution is -2.29. The van der Waals surface area contributed by atoms with Crippen LogP contribution in [0, 0.1) is 19.8 Å². The van der Waals surface area contributed by atoms with Gasteiger partial charge in [0.2, 0.25) is 5.91 Å². The number of rotatable bonds is 6. The predicted octanol–water partition coefficient (Wildman–Crippen LogP) is 7.68. The number of halogens is 2. The molecule has 9 heteroatoms. The number of hydrogen-bond acceptors (Lipinski definition) is 3. The molecule has 0 unspecified atom stereocenters. The van der Waals surface area contributed by atoms with Crippen molar-refractivity contribution in [2.45, 2.75) is 39.8 Å². The molecule has 1 aliphatic heterocycles. The van der Waals surface area contributed by atoms with Crippen molar-refractivity contribution in [2.75, 3.05) is 10.2 Å². The Hall–Kier alpha value is -3.20. The average Bonchev–Trinajstić information content (AvgIpc) is 3.41. The van der Waals surface area contributed by atoms with Crippen LogP contribution in [-0.2, 0) is 4.79 Å². The van der Waals surface area contributed by atoms with Gasteiger partial charge in [-0.15, -0.1) is 0 Å². The van der Waals surface area contributed by atoms with Gasteiger partial charge in [0.1, 0.15) is 0 Å². The zero-order valence-electron chi connectivity index (χ0n) is 22.1. The van der Waals surface area contributed by atoms with Crippen LogP contribution in [0.25, 0.3) is 5.69 Å². The maximum atomic E-state index is 12.3. The Morgan fingerprint density at radius 1 is 1.10 bits per heavy atom. The molecule has 0 spiro atoms. The third kappa shape index (κ3) is 5.21. The van der Waals surface area contributed by atoms with Gasteiger partial charge in [-0.05, 0) is 96.1 Å². The second kappa shape index (κ2) is 11.1. The lowest BCUT2D eigenvalue weighted by molar-refractivity contribution is -0.118. The first-order chi connectivity index (χ1) is 18.7. The van der Waals surface area contributed by atoms with E-state index >= 15 is 0 Å². The number of aryl methyl sites for hydroxylation is 1. The smallest absolute Gasteiger partial charge is 0.226 e. The van der Waals surface area contributed by atoms with E-state index in [1.165, 1.54) is 0 Å². The molecule has 0 saturated carbocycles. The fourth-order valence-electron chi connectivity index (χ4n) is 5.07. The third-order valence-corrected chi connectivity index (χ3v) is 8.29. The highest BCUT2D eigenvalue weighted by Gasteiger charge is 2.42. The molecule has 1 fully saturated rings. The number of benzene rings is 2. The molecule has 2 aromatic carbocycles. The molecule has 4 aromatic rings. The minimum atomic E-state index is -0.193. The van der Waals surface area contributed by atoms with Gasteiger partial charge in [0.25, 0.3) is 0 Å².